The minimum Gasteiger partial charge on any atom is -0.497 e. The van der Waals surface area contributed by atoms with Crippen molar-refractivity contribution in [2.45, 2.75) is 31.8 Å². The van der Waals surface area contributed by atoms with Crippen LogP contribution in [-0.2, 0) is 16.1 Å². The third-order valence-electron chi connectivity index (χ3n) is 4.64. The minimum atomic E-state index is -0.486. The van der Waals surface area contributed by atoms with E-state index in [0.29, 0.717) is 19.5 Å². The summed E-state index contributed by atoms with van der Waals surface area (Å²) < 4.78 is 11.7. The number of nitrogens with zero attached hydrogens (tertiary/aromatic N) is 3. The number of piperidine rings is 1. The molecule has 2 aromatic rings. The van der Waals surface area contributed by atoms with Gasteiger partial charge in [-0.1, -0.05) is 6.07 Å². The predicted octanol–water partition coefficient (Wildman–Crippen LogP) is 2.12. The molecule has 1 aliphatic heterocycles. The second-order valence-corrected chi connectivity index (χ2v) is 6.39. The summed E-state index contributed by atoms with van der Waals surface area (Å²) in [6.45, 7) is 0.882. The van der Waals surface area contributed by atoms with Crippen LogP contribution in [0.5, 0.6) is 5.75 Å². The third kappa shape index (κ3) is 4.39. The molecule has 27 heavy (non-hydrogen) atoms. The Bertz CT molecular complexity index is 805. The van der Waals surface area contributed by atoms with Gasteiger partial charge in [0, 0.05) is 30.9 Å². The van der Waals surface area contributed by atoms with Crippen molar-refractivity contribution in [3.63, 3.8) is 0 Å². The van der Waals surface area contributed by atoms with Crippen molar-refractivity contribution in [2.75, 3.05) is 20.8 Å². The molecule has 2 amide bonds. The van der Waals surface area contributed by atoms with Crippen LogP contribution in [0.3, 0.4) is 0 Å². The van der Waals surface area contributed by atoms with Crippen LogP contribution < -0.4 is 10.1 Å². The lowest BCUT2D eigenvalue weighted by Crippen LogP contribution is -2.51. The first kappa shape index (κ1) is 18.8. The van der Waals surface area contributed by atoms with Gasteiger partial charge in [0.25, 0.3) is 0 Å². The summed E-state index contributed by atoms with van der Waals surface area (Å²) in [4.78, 5) is 25.9. The summed E-state index contributed by atoms with van der Waals surface area (Å²) in [5.74, 6) is 0.576. The van der Waals surface area contributed by atoms with Gasteiger partial charge in [-0.05, 0) is 31.4 Å². The number of aromatic nitrogens is 2. The van der Waals surface area contributed by atoms with E-state index in [1.165, 1.54) is 12.0 Å². The van der Waals surface area contributed by atoms with Crippen LogP contribution in [0.4, 0.5) is 4.79 Å². The van der Waals surface area contributed by atoms with Crippen molar-refractivity contribution in [1.82, 2.24) is 20.0 Å². The summed E-state index contributed by atoms with van der Waals surface area (Å²) in [5, 5.41) is 7.23. The molecule has 3 rings (SSSR count). The highest BCUT2D eigenvalue weighted by Gasteiger charge is 2.32. The third-order valence-corrected chi connectivity index (χ3v) is 4.64. The summed E-state index contributed by atoms with van der Waals surface area (Å²) in [6.07, 6.45) is 5.54. The highest BCUT2D eigenvalue weighted by molar-refractivity contribution is 5.85. The molecule has 144 valence electrons. The highest BCUT2D eigenvalue weighted by atomic mass is 16.5. The molecule has 0 aliphatic carbocycles. The van der Waals surface area contributed by atoms with Crippen LogP contribution in [0, 0.1) is 0 Å². The van der Waals surface area contributed by atoms with Crippen LogP contribution in [-0.4, -0.2) is 53.5 Å². The van der Waals surface area contributed by atoms with Crippen molar-refractivity contribution >= 4 is 12.0 Å². The molecule has 1 saturated heterocycles. The maximum Gasteiger partial charge on any atom is 0.410 e. The molecule has 1 aromatic heterocycles. The quantitative estimate of drug-likeness (QED) is 0.869. The number of methoxy groups -OCH3 is 2. The van der Waals surface area contributed by atoms with Crippen molar-refractivity contribution in [3.8, 4) is 11.4 Å². The first-order valence-corrected chi connectivity index (χ1v) is 8.92. The van der Waals surface area contributed by atoms with E-state index < -0.39 is 12.1 Å². The van der Waals surface area contributed by atoms with Gasteiger partial charge in [-0.3, -0.25) is 9.69 Å². The normalized spacial score (nSPS) is 16.7. The number of nitrogens with one attached hydrogen (secondary N) is 1. The average molecular weight is 372 g/mol. The van der Waals surface area contributed by atoms with Gasteiger partial charge >= 0.3 is 6.09 Å². The van der Waals surface area contributed by atoms with Gasteiger partial charge in [0.05, 0.1) is 26.1 Å². The molecule has 1 aliphatic rings. The fourth-order valence-electron chi connectivity index (χ4n) is 3.19. The van der Waals surface area contributed by atoms with Gasteiger partial charge in [0.1, 0.15) is 11.8 Å². The number of carbonyl (C=O) groups is 2. The topological polar surface area (TPSA) is 85.7 Å². The summed E-state index contributed by atoms with van der Waals surface area (Å²) in [7, 11) is 2.95. The molecule has 0 saturated carbocycles. The van der Waals surface area contributed by atoms with Gasteiger partial charge in [-0.25, -0.2) is 9.48 Å². The summed E-state index contributed by atoms with van der Waals surface area (Å²) in [6, 6.07) is 7.08. The van der Waals surface area contributed by atoms with E-state index in [1.807, 2.05) is 30.5 Å². The Hall–Kier alpha value is -3.03. The largest absolute Gasteiger partial charge is 0.497 e. The lowest BCUT2D eigenvalue weighted by atomic mass is 10.0. The lowest BCUT2D eigenvalue weighted by Gasteiger charge is -2.33. The van der Waals surface area contributed by atoms with E-state index in [0.717, 1.165) is 29.8 Å². The standard InChI is InChI=1S/C19H24N4O4/c1-26-16-7-5-6-15(10-16)23-13-14(12-21-23)11-20-18(24)17-8-3-4-9-22(17)19(25)27-2/h5-7,10,12-13,17H,3-4,8-9,11H2,1-2H3,(H,20,24)/t17-/m0/s1. The molecule has 0 unspecified atom stereocenters. The number of ether oxygens (including phenoxy) is 2. The Labute approximate surface area is 158 Å². The Morgan fingerprint density at radius 1 is 1.30 bits per heavy atom. The number of carbonyl (C=O) groups excluding carboxylic acids is 2. The second-order valence-electron chi connectivity index (χ2n) is 6.39. The number of rotatable bonds is 5. The Balaban J connectivity index is 1.62. The van der Waals surface area contributed by atoms with Gasteiger partial charge in [0.2, 0.25) is 5.91 Å². The minimum absolute atomic E-state index is 0.172. The van der Waals surface area contributed by atoms with Crippen molar-refractivity contribution in [3.05, 3.63) is 42.2 Å². The molecule has 2 heterocycles. The summed E-state index contributed by atoms with van der Waals surface area (Å²) >= 11 is 0. The number of amides is 2. The van der Waals surface area contributed by atoms with E-state index in [2.05, 4.69) is 10.4 Å². The molecular weight excluding hydrogens is 348 g/mol. The number of hydrogen-bond acceptors (Lipinski definition) is 5. The lowest BCUT2D eigenvalue weighted by molar-refractivity contribution is -0.127. The van der Waals surface area contributed by atoms with Crippen LogP contribution in [0.25, 0.3) is 5.69 Å². The zero-order valence-electron chi connectivity index (χ0n) is 15.6. The maximum atomic E-state index is 12.6. The Morgan fingerprint density at radius 2 is 2.15 bits per heavy atom. The van der Waals surface area contributed by atoms with Crippen LogP contribution in [0.15, 0.2) is 36.7 Å². The predicted molar refractivity (Wildman–Crippen MR) is 98.7 cm³/mol. The molecule has 1 fully saturated rings. The second kappa shape index (κ2) is 8.57. The van der Waals surface area contributed by atoms with E-state index >= 15 is 0 Å². The molecule has 1 N–H and O–H groups in total. The van der Waals surface area contributed by atoms with E-state index in [9.17, 15) is 9.59 Å². The molecule has 8 heteroatoms. The number of benzene rings is 1. The fourth-order valence-corrected chi connectivity index (χ4v) is 3.19. The first-order valence-electron chi connectivity index (χ1n) is 8.92. The molecule has 8 nitrogen and oxygen atoms in total. The van der Waals surface area contributed by atoms with Gasteiger partial charge in [-0.15, -0.1) is 0 Å². The van der Waals surface area contributed by atoms with Crippen molar-refractivity contribution in [1.29, 1.82) is 0 Å². The first-order chi connectivity index (χ1) is 13.1. The average Bonchev–Trinajstić information content (AvgIpc) is 3.20. The molecule has 1 aromatic carbocycles. The molecule has 0 radical (unpaired) electrons. The molecule has 0 spiro atoms. The van der Waals surface area contributed by atoms with Gasteiger partial charge in [0.15, 0.2) is 0 Å². The van der Waals surface area contributed by atoms with Gasteiger partial charge < -0.3 is 14.8 Å². The van der Waals surface area contributed by atoms with Crippen LogP contribution >= 0.6 is 0 Å². The Kier molecular flexibility index (Phi) is 5.95. The SMILES string of the molecule is COC(=O)N1CCCC[C@H]1C(=O)NCc1cnn(-c2cccc(OC)c2)c1. The molecule has 0 bridgehead atoms. The summed E-state index contributed by atoms with van der Waals surface area (Å²) in [5.41, 5.74) is 1.74. The highest BCUT2D eigenvalue weighted by Crippen LogP contribution is 2.19. The molecular formula is C19H24N4O4. The number of likely N-dealkylation sites (tertiary alicyclic amines) is 1. The van der Waals surface area contributed by atoms with Crippen molar-refractivity contribution < 1.29 is 19.1 Å². The van der Waals surface area contributed by atoms with Gasteiger partial charge in [-0.2, -0.15) is 5.10 Å². The monoisotopic (exact) mass is 372 g/mol. The van der Waals surface area contributed by atoms with E-state index in [1.54, 1.807) is 18.0 Å². The zero-order chi connectivity index (χ0) is 19.2. The molecule has 1 atom stereocenters. The Morgan fingerprint density at radius 3 is 2.93 bits per heavy atom. The van der Waals surface area contributed by atoms with Crippen LogP contribution in [0.1, 0.15) is 24.8 Å². The van der Waals surface area contributed by atoms with Crippen LogP contribution in [0.2, 0.25) is 0 Å². The smallest absolute Gasteiger partial charge is 0.410 e. The maximum absolute atomic E-state index is 12.6. The zero-order valence-corrected chi connectivity index (χ0v) is 15.6. The fraction of sp³-hybridized carbons (Fsp3) is 0.421. The number of hydrogen-bond donors (Lipinski definition) is 1. The van der Waals surface area contributed by atoms with Crippen molar-refractivity contribution in [2.24, 2.45) is 0 Å². The van der Waals surface area contributed by atoms with E-state index in [-0.39, 0.29) is 5.91 Å². The van der Waals surface area contributed by atoms with E-state index in [4.69, 9.17) is 9.47 Å².